The summed E-state index contributed by atoms with van der Waals surface area (Å²) in [4.78, 5) is 17.8. The van der Waals surface area contributed by atoms with Crippen LogP contribution < -0.4 is 14.8 Å². The van der Waals surface area contributed by atoms with Gasteiger partial charge in [0.25, 0.3) is 5.56 Å². The Labute approximate surface area is 160 Å². The van der Waals surface area contributed by atoms with Gasteiger partial charge in [0.15, 0.2) is 5.82 Å². The predicted octanol–water partition coefficient (Wildman–Crippen LogP) is 3.50. The van der Waals surface area contributed by atoms with E-state index in [1.807, 2.05) is 42.5 Å². The van der Waals surface area contributed by atoms with Crippen molar-refractivity contribution in [3.05, 3.63) is 74.5 Å². The van der Waals surface area contributed by atoms with Crippen LogP contribution in [0.15, 0.2) is 53.3 Å². The van der Waals surface area contributed by atoms with E-state index in [1.165, 1.54) is 21.4 Å². The average molecular weight is 377 g/mol. The van der Waals surface area contributed by atoms with E-state index in [-0.39, 0.29) is 5.56 Å². The Balaban J connectivity index is 1.76. The van der Waals surface area contributed by atoms with E-state index in [0.29, 0.717) is 27.0 Å². The number of nitrogens with zero attached hydrogens (tertiary/aromatic N) is 3. The molecule has 0 amide bonds. The molecule has 4 rings (SSSR count). The molecule has 2 aromatic carbocycles. The monoisotopic (exact) mass is 377 g/mol. The van der Waals surface area contributed by atoms with Gasteiger partial charge < -0.3 is 4.74 Å². The third-order valence-electron chi connectivity index (χ3n) is 4.43. The quantitative estimate of drug-likeness (QED) is 0.546. The maximum absolute atomic E-state index is 12.7. The summed E-state index contributed by atoms with van der Waals surface area (Å²) in [7, 11) is 1.61. The first kappa shape index (κ1) is 17.4. The number of fused-ring (bicyclic) bond motifs is 1. The molecule has 2 aromatic heterocycles. The Morgan fingerprint density at radius 2 is 1.85 bits per heavy atom. The fourth-order valence-corrected chi connectivity index (χ4v) is 3.81. The van der Waals surface area contributed by atoms with E-state index in [4.69, 9.17) is 4.74 Å². The number of methoxy groups -OCH3 is 1. The van der Waals surface area contributed by atoms with Crippen molar-refractivity contribution in [1.82, 2.24) is 14.6 Å². The maximum Gasteiger partial charge on any atom is 0.291 e. The topological polar surface area (TPSA) is 56.5 Å². The number of ether oxygens (including phenoxy) is 1. The molecule has 0 bridgehead atoms. The molecule has 136 valence electrons. The molecule has 0 atom stereocenters. The first-order valence-electron chi connectivity index (χ1n) is 8.71. The Kier molecular flexibility index (Phi) is 4.49. The minimum atomic E-state index is -0.156. The van der Waals surface area contributed by atoms with Crippen molar-refractivity contribution in [2.75, 3.05) is 7.11 Å². The maximum atomic E-state index is 12.7. The Bertz CT molecular complexity index is 1210. The van der Waals surface area contributed by atoms with Crippen LogP contribution in [0.1, 0.15) is 30.9 Å². The summed E-state index contributed by atoms with van der Waals surface area (Å²) < 4.78 is 7.34. The third kappa shape index (κ3) is 3.24. The summed E-state index contributed by atoms with van der Waals surface area (Å²) in [5, 5.41) is 4.39. The number of aromatic nitrogens is 3. The number of thiazole rings is 1. The van der Waals surface area contributed by atoms with Gasteiger partial charge in [0.1, 0.15) is 5.75 Å². The van der Waals surface area contributed by atoms with Gasteiger partial charge in [0.2, 0.25) is 4.96 Å². The largest absolute Gasteiger partial charge is 0.496 e. The first-order chi connectivity index (χ1) is 13.1. The highest BCUT2D eigenvalue weighted by molar-refractivity contribution is 7.15. The Morgan fingerprint density at radius 1 is 1.11 bits per heavy atom. The van der Waals surface area contributed by atoms with E-state index in [9.17, 15) is 4.79 Å². The molecule has 0 N–H and O–H groups in total. The second-order valence-corrected chi connectivity index (χ2v) is 7.58. The molecular formula is C21H19N3O2S. The standard InChI is InChI=1S/C21H19N3O2S/c1-13(2)15-10-8-14(9-11-15)12-18-20(25)24-21(27-18)22-19(23-24)16-6-4-5-7-17(16)26-3/h4-13H,1-3H3. The fourth-order valence-electron chi connectivity index (χ4n) is 2.91. The van der Waals surface area contributed by atoms with E-state index in [1.54, 1.807) is 7.11 Å². The van der Waals surface area contributed by atoms with Crippen LogP contribution >= 0.6 is 11.3 Å². The molecular weight excluding hydrogens is 358 g/mol. The summed E-state index contributed by atoms with van der Waals surface area (Å²) in [6, 6.07) is 15.8. The highest BCUT2D eigenvalue weighted by Crippen LogP contribution is 2.27. The van der Waals surface area contributed by atoms with Gasteiger partial charge in [0, 0.05) is 0 Å². The molecule has 0 radical (unpaired) electrons. The Hall–Kier alpha value is -2.99. The van der Waals surface area contributed by atoms with Crippen molar-refractivity contribution in [2.24, 2.45) is 0 Å². The van der Waals surface area contributed by atoms with Crippen molar-refractivity contribution >= 4 is 22.4 Å². The lowest BCUT2D eigenvalue weighted by Gasteiger charge is -2.04. The normalized spacial score (nSPS) is 12.2. The number of rotatable bonds is 4. The van der Waals surface area contributed by atoms with E-state index in [0.717, 1.165) is 11.1 Å². The fraction of sp³-hybridized carbons (Fsp3) is 0.190. The molecule has 27 heavy (non-hydrogen) atoms. The number of para-hydroxylation sites is 1. The highest BCUT2D eigenvalue weighted by atomic mass is 32.1. The molecule has 0 unspecified atom stereocenters. The van der Waals surface area contributed by atoms with Crippen LogP contribution in [0.2, 0.25) is 0 Å². The predicted molar refractivity (Wildman–Crippen MR) is 108 cm³/mol. The summed E-state index contributed by atoms with van der Waals surface area (Å²) in [5.74, 6) is 1.65. The lowest BCUT2D eigenvalue weighted by molar-refractivity contribution is 0.416. The van der Waals surface area contributed by atoms with Gasteiger partial charge in [-0.1, -0.05) is 61.6 Å². The molecule has 2 heterocycles. The van der Waals surface area contributed by atoms with Gasteiger partial charge in [-0.2, -0.15) is 9.50 Å². The minimum Gasteiger partial charge on any atom is -0.496 e. The molecule has 0 aliphatic carbocycles. The molecule has 0 saturated carbocycles. The highest BCUT2D eigenvalue weighted by Gasteiger charge is 2.14. The lowest BCUT2D eigenvalue weighted by Crippen LogP contribution is -2.23. The van der Waals surface area contributed by atoms with Gasteiger partial charge in [-0.15, -0.1) is 5.10 Å². The number of hydrogen-bond donors (Lipinski definition) is 0. The average Bonchev–Trinajstić information content (AvgIpc) is 3.22. The van der Waals surface area contributed by atoms with E-state index < -0.39 is 0 Å². The van der Waals surface area contributed by atoms with E-state index >= 15 is 0 Å². The molecule has 5 nitrogen and oxygen atoms in total. The van der Waals surface area contributed by atoms with Gasteiger partial charge in [0.05, 0.1) is 17.2 Å². The number of benzene rings is 2. The van der Waals surface area contributed by atoms with Crippen molar-refractivity contribution < 1.29 is 4.74 Å². The van der Waals surface area contributed by atoms with Crippen molar-refractivity contribution in [2.45, 2.75) is 19.8 Å². The van der Waals surface area contributed by atoms with Crippen molar-refractivity contribution in [3.8, 4) is 17.1 Å². The second kappa shape index (κ2) is 6.96. The summed E-state index contributed by atoms with van der Waals surface area (Å²) in [6.07, 6.45) is 1.89. The van der Waals surface area contributed by atoms with Crippen LogP contribution in [0.3, 0.4) is 0 Å². The SMILES string of the molecule is COc1ccccc1-c1nc2sc(=Cc3ccc(C(C)C)cc3)c(=O)n2n1. The molecule has 4 aromatic rings. The van der Waals surface area contributed by atoms with Crippen LogP contribution in [0.25, 0.3) is 22.4 Å². The summed E-state index contributed by atoms with van der Waals surface area (Å²) >= 11 is 1.34. The van der Waals surface area contributed by atoms with Crippen LogP contribution in [0, 0.1) is 0 Å². The smallest absolute Gasteiger partial charge is 0.291 e. The third-order valence-corrected chi connectivity index (χ3v) is 5.39. The minimum absolute atomic E-state index is 0.156. The van der Waals surface area contributed by atoms with Crippen LogP contribution in [-0.2, 0) is 0 Å². The second-order valence-electron chi connectivity index (χ2n) is 6.57. The van der Waals surface area contributed by atoms with Crippen molar-refractivity contribution in [3.63, 3.8) is 0 Å². The Morgan fingerprint density at radius 3 is 2.52 bits per heavy atom. The van der Waals surface area contributed by atoms with Gasteiger partial charge >= 0.3 is 0 Å². The van der Waals surface area contributed by atoms with Crippen LogP contribution in [-0.4, -0.2) is 21.7 Å². The number of hydrogen-bond acceptors (Lipinski definition) is 5. The lowest BCUT2D eigenvalue weighted by atomic mass is 10.0. The molecule has 0 spiro atoms. The molecule has 6 heteroatoms. The zero-order chi connectivity index (χ0) is 19.0. The van der Waals surface area contributed by atoms with Gasteiger partial charge in [-0.25, -0.2) is 0 Å². The van der Waals surface area contributed by atoms with Gasteiger partial charge in [-0.3, -0.25) is 4.79 Å². The molecule has 0 fully saturated rings. The zero-order valence-electron chi connectivity index (χ0n) is 15.3. The summed E-state index contributed by atoms with van der Waals surface area (Å²) in [6.45, 7) is 4.32. The summed E-state index contributed by atoms with van der Waals surface area (Å²) in [5.41, 5.74) is 2.88. The molecule has 0 aliphatic heterocycles. The van der Waals surface area contributed by atoms with Crippen LogP contribution in [0.5, 0.6) is 5.75 Å². The van der Waals surface area contributed by atoms with Crippen molar-refractivity contribution in [1.29, 1.82) is 0 Å². The molecule has 0 saturated heterocycles. The zero-order valence-corrected chi connectivity index (χ0v) is 16.2. The first-order valence-corrected chi connectivity index (χ1v) is 9.53. The van der Waals surface area contributed by atoms with Crippen LogP contribution in [0.4, 0.5) is 0 Å². The van der Waals surface area contributed by atoms with E-state index in [2.05, 4.69) is 36.1 Å². The molecule has 0 aliphatic rings. The van der Waals surface area contributed by atoms with Gasteiger partial charge in [-0.05, 0) is 35.3 Å².